The zero-order valence-corrected chi connectivity index (χ0v) is 15.7. The Morgan fingerprint density at radius 3 is 2.46 bits per heavy atom. The molecule has 0 aliphatic rings. The Morgan fingerprint density at radius 2 is 1.88 bits per heavy atom. The summed E-state index contributed by atoms with van der Waals surface area (Å²) < 4.78 is 28.1. The third-order valence-electron chi connectivity index (χ3n) is 3.39. The predicted molar refractivity (Wildman–Crippen MR) is 97.1 cm³/mol. The van der Waals surface area contributed by atoms with Crippen LogP contribution in [0.15, 0.2) is 29.6 Å². The van der Waals surface area contributed by atoms with Crippen molar-refractivity contribution < 1.29 is 22.7 Å². The summed E-state index contributed by atoms with van der Waals surface area (Å²) in [5, 5.41) is 5.07. The molecule has 1 aromatic heterocycles. The third-order valence-corrected chi connectivity index (χ3v) is 5.71. The fraction of sp³-hybridized carbons (Fsp3) is 0.312. The van der Waals surface area contributed by atoms with Crippen LogP contribution >= 0.6 is 11.3 Å². The van der Waals surface area contributed by atoms with Gasteiger partial charge in [0.15, 0.2) is 9.84 Å². The maximum atomic E-state index is 12.0. The van der Waals surface area contributed by atoms with Gasteiger partial charge in [0.25, 0.3) is 5.91 Å². The second-order valence-electron chi connectivity index (χ2n) is 5.44. The standard InChI is InChI=1S/C16H19N3O5S2/c1-24-15(20)10-26(22,23)9-12-4-2-11(3-5-12)7-18-16(21)13-8-25-14(6-17)19-13/h2-5,8H,6-7,9-10,17H2,1H3,(H,18,21). The molecular formula is C16H19N3O5S2. The van der Waals surface area contributed by atoms with Gasteiger partial charge in [0.05, 0.1) is 12.9 Å². The van der Waals surface area contributed by atoms with E-state index >= 15 is 0 Å². The maximum absolute atomic E-state index is 12.0. The molecule has 8 nitrogen and oxygen atoms in total. The number of carbonyl (C=O) groups excluding carboxylic acids is 2. The molecule has 2 aromatic rings. The van der Waals surface area contributed by atoms with Crippen LogP contribution < -0.4 is 11.1 Å². The smallest absolute Gasteiger partial charge is 0.320 e. The van der Waals surface area contributed by atoms with Gasteiger partial charge in [-0.3, -0.25) is 9.59 Å². The van der Waals surface area contributed by atoms with E-state index in [1.165, 1.54) is 11.3 Å². The van der Waals surface area contributed by atoms with Gasteiger partial charge in [0.2, 0.25) is 0 Å². The first-order valence-corrected chi connectivity index (χ1v) is 10.3. The van der Waals surface area contributed by atoms with Crippen molar-refractivity contribution in [1.82, 2.24) is 10.3 Å². The molecule has 0 fully saturated rings. The number of hydrogen-bond acceptors (Lipinski definition) is 8. The number of nitrogens with zero attached hydrogens (tertiary/aromatic N) is 1. The predicted octanol–water partition coefficient (Wildman–Crippen LogP) is 0.620. The van der Waals surface area contributed by atoms with Gasteiger partial charge in [0.1, 0.15) is 16.5 Å². The molecule has 0 aliphatic carbocycles. The minimum atomic E-state index is -3.58. The molecule has 0 aliphatic heterocycles. The minimum absolute atomic E-state index is 0.255. The summed E-state index contributed by atoms with van der Waals surface area (Å²) in [7, 11) is -2.44. The molecule has 10 heteroatoms. The van der Waals surface area contributed by atoms with Crippen molar-refractivity contribution in [3.63, 3.8) is 0 Å². The molecule has 0 atom stereocenters. The van der Waals surface area contributed by atoms with Crippen LogP contribution in [0.5, 0.6) is 0 Å². The highest BCUT2D eigenvalue weighted by molar-refractivity contribution is 7.91. The minimum Gasteiger partial charge on any atom is -0.468 e. The fourth-order valence-electron chi connectivity index (χ4n) is 2.08. The van der Waals surface area contributed by atoms with E-state index in [0.29, 0.717) is 16.3 Å². The number of amides is 1. The van der Waals surface area contributed by atoms with Gasteiger partial charge in [-0.1, -0.05) is 24.3 Å². The van der Waals surface area contributed by atoms with E-state index in [2.05, 4.69) is 15.0 Å². The Morgan fingerprint density at radius 1 is 1.23 bits per heavy atom. The largest absolute Gasteiger partial charge is 0.468 e. The number of rotatable bonds is 8. The molecular weight excluding hydrogens is 378 g/mol. The van der Waals surface area contributed by atoms with Crippen molar-refractivity contribution in [1.29, 1.82) is 0 Å². The number of benzene rings is 1. The summed E-state index contributed by atoms with van der Waals surface area (Å²) >= 11 is 1.33. The molecule has 0 unspecified atom stereocenters. The molecule has 0 saturated carbocycles. The Bertz CT molecular complexity index is 876. The molecule has 1 amide bonds. The van der Waals surface area contributed by atoms with Crippen LogP contribution in [0.2, 0.25) is 0 Å². The molecule has 1 aromatic carbocycles. The SMILES string of the molecule is COC(=O)CS(=O)(=O)Cc1ccc(CNC(=O)c2csc(CN)n2)cc1. The number of sulfone groups is 1. The number of nitrogens with two attached hydrogens (primary N) is 1. The first kappa shape index (κ1) is 20.0. The van der Waals surface area contributed by atoms with Crippen molar-refractivity contribution in [2.24, 2.45) is 5.73 Å². The van der Waals surface area contributed by atoms with Crippen molar-refractivity contribution in [2.45, 2.75) is 18.8 Å². The normalized spacial score (nSPS) is 11.2. The first-order valence-electron chi connectivity index (χ1n) is 7.60. The van der Waals surface area contributed by atoms with Crippen LogP contribution in [0.25, 0.3) is 0 Å². The quantitative estimate of drug-likeness (QED) is 0.625. The van der Waals surface area contributed by atoms with Crippen molar-refractivity contribution in [2.75, 3.05) is 12.9 Å². The monoisotopic (exact) mass is 397 g/mol. The van der Waals surface area contributed by atoms with E-state index in [4.69, 9.17) is 5.73 Å². The summed E-state index contributed by atoms with van der Waals surface area (Å²) in [6, 6.07) is 6.72. The van der Waals surface area contributed by atoms with E-state index in [0.717, 1.165) is 12.7 Å². The average Bonchev–Trinajstić information content (AvgIpc) is 3.09. The van der Waals surface area contributed by atoms with Crippen LogP contribution in [-0.4, -0.2) is 38.1 Å². The summed E-state index contributed by atoms with van der Waals surface area (Å²) in [4.78, 5) is 27.2. The number of methoxy groups -OCH3 is 1. The van der Waals surface area contributed by atoms with E-state index in [1.807, 2.05) is 0 Å². The molecule has 0 radical (unpaired) electrons. The zero-order valence-electron chi connectivity index (χ0n) is 14.1. The van der Waals surface area contributed by atoms with E-state index in [1.54, 1.807) is 29.6 Å². The Hall–Kier alpha value is -2.30. The summed E-state index contributed by atoms with van der Waals surface area (Å²) in [5.41, 5.74) is 7.15. The molecule has 0 spiro atoms. The summed E-state index contributed by atoms with van der Waals surface area (Å²) in [6.45, 7) is 0.571. The summed E-state index contributed by atoms with van der Waals surface area (Å²) in [5.74, 6) is -2.00. The van der Waals surface area contributed by atoms with Gasteiger partial charge in [-0.2, -0.15) is 0 Å². The lowest BCUT2D eigenvalue weighted by Crippen LogP contribution is -2.23. The van der Waals surface area contributed by atoms with Crippen LogP contribution in [0.3, 0.4) is 0 Å². The highest BCUT2D eigenvalue weighted by atomic mass is 32.2. The third kappa shape index (κ3) is 5.90. The van der Waals surface area contributed by atoms with Gasteiger partial charge < -0.3 is 15.8 Å². The molecule has 1 heterocycles. The Balaban J connectivity index is 1.91. The van der Waals surface area contributed by atoms with Gasteiger partial charge in [-0.15, -0.1) is 11.3 Å². The van der Waals surface area contributed by atoms with Crippen molar-refractivity contribution in [3.05, 3.63) is 51.5 Å². The van der Waals surface area contributed by atoms with E-state index < -0.39 is 21.6 Å². The number of thiazole rings is 1. The average molecular weight is 397 g/mol. The lowest BCUT2D eigenvalue weighted by Gasteiger charge is -2.06. The maximum Gasteiger partial charge on any atom is 0.320 e. The number of ether oxygens (including phenoxy) is 1. The molecule has 0 saturated heterocycles. The molecule has 0 bridgehead atoms. The van der Waals surface area contributed by atoms with Crippen LogP contribution in [0.4, 0.5) is 0 Å². The molecule has 3 N–H and O–H groups in total. The van der Waals surface area contributed by atoms with Crippen molar-refractivity contribution >= 4 is 33.1 Å². The molecule has 140 valence electrons. The van der Waals surface area contributed by atoms with Crippen LogP contribution in [-0.2, 0) is 38.2 Å². The lowest BCUT2D eigenvalue weighted by atomic mass is 10.1. The van der Waals surface area contributed by atoms with E-state index in [-0.39, 0.29) is 24.7 Å². The Labute approximate surface area is 155 Å². The van der Waals surface area contributed by atoms with Crippen LogP contribution in [0, 0.1) is 0 Å². The second kappa shape index (κ2) is 8.88. The Kier molecular flexibility index (Phi) is 6.83. The first-order chi connectivity index (χ1) is 12.3. The van der Waals surface area contributed by atoms with Gasteiger partial charge in [0, 0.05) is 18.5 Å². The van der Waals surface area contributed by atoms with Gasteiger partial charge >= 0.3 is 5.97 Å². The van der Waals surface area contributed by atoms with Gasteiger partial charge in [-0.25, -0.2) is 13.4 Å². The highest BCUT2D eigenvalue weighted by Gasteiger charge is 2.17. The van der Waals surface area contributed by atoms with Crippen LogP contribution in [0.1, 0.15) is 26.6 Å². The molecule has 2 rings (SSSR count). The fourth-order valence-corrected chi connectivity index (χ4v) is 4.01. The number of aromatic nitrogens is 1. The number of esters is 1. The second-order valence-corrected chi connectivity index (χ2v) is 8.45. The van der Waals surface area contributed by atoms with E-state index in [9.17, 15) is 18.0 Å². The van der Waals surface area contributed by atoms with Crippen molar-refractivity contribution in [3.8, 4) is 0 Å². The highest BCUT2D eigenvalue weighted by Crippen LogP contribution is 2.11. The summed E-state index contributed by atoms with van der Waals surface area (Å²) in [6.07, 6.45) is 0. The van der Waals surface area contributed by atoms with Gasteiger partial charge in [-0.05, 0) is 11.1 Å². The number of carbonyl (C=O) groups is 2. The number of nitrogens with one attached hydrogen (secondary N) is 1. The topological polar surface area (TPSA) is 128 Å². The number of hydrogen-bond donors (Lipinski definition) is 2. The molecule has 26 heavy (non-hydrogen) atoms. The zero-order chi connectivity index (χ0) is 19.2. The lowest BCUT2D eigenvalue weighted by molar-refractivity contribution is -0.137.